The Morgan fingerprint density at radius 3 is 2.74 bits per heavy atom. The summed E-state index contributed by atoms with van der Waals surface area (Å²) in [6.45, 7) is 1.92. The highest BCUT2D eigenvalue weighted by Crippen LogP contribution is 2.70. The van der Waals surface area contributed by atoms with Gasteiger partial charge in [0, 0.05) is 24.5 Å². The minimum Gasteiger partial charge on any atom is -0.353 e. The summed E-state index contributed by atoms with van der Waals surface area (Å²) < 4.78 is 24.2. The molecule has 3 aliphatic rings. The van der Waals surface area contributed by atoms with Crippen molar-refractivity contribution in [2.45, 2.75) is 38.1 Å². The number of H-pyrrole nitrogens is 1. The lowest BCUT2D eigenvalue weighted by molar-refractivity contribution is -0.114. The van der Waals surface area contributed by atoms with Gasteiger partial charge in [0.1, 0.15) is 17.8 Å². The topological polar surface area (TPSA) is 79.0 Å². The molecule has 0 spiro atoms. The lowest BCUT2D eigenvalue weighted by Crippen LogP contribution is -2.76. The van der Waals surface area contributed by atoms with E-state index >= 15 is 0 Å². The van der Waals surface area contributed by atoms with Gasteiger partial charge in [-0.1, -0.05) is 6.92 Å². The van der Waals surface area contributed by atoms with E-state index in [1.54, 1.807) is 6.33 Å². The van der Waals surface area contributed by atoms with Crippen molar-refractivity contribution in [2.75, 3.05) is 23.5 Å². The Bertz CT molecular complexity index is 838. The lowest BCUT2D eigenvalue weighted by atomic mass is 9.39. The van der Waals surface area contributed by atoms with Crippen molar-refractivity contribution in [2.24, 2.45) is 5.41 Å². The maximum atomic E-state index is 12.1. The fourth-order valence-corrected chi connectivity index (χ4v) is 6.65. The number of aromatic amines is 1. The normalized spacial score (nSPS) is 29.1. The van der Waals surface area contributed by atoms with E-state index in [2.05, 4.69) is 26.9 Å². The summed E-state index contributed by atoms with van der Waals surface area (Å²) in [7, 11) is -0.836. The van der Waals surface area contributed by atoms with Gasteiger partial charge in [-0.25, -0.2) is 18.4 Å². The molecule has 2 bridgehead atoms. The standard InChI is InChI=1S/C16H22N4O2S/c1-3-6-23(21,22)10-15-7-16(8-15,9-15)20(2)14-12-4-5-17-13(12)18-11-19-14/h4-5,11H,3,6-10H2,1-2H3,(H,17,18,19). The molecule has 3 aliphatic carbocycles. The van der Waals surface area contributed by atoms with Crippen LogP contribution in [0.4, 0.5) is 5.82 Å². The molecule has 0 aliphatic heterocycles. The maximum absolute atomic E-state index is 12.1. The van der Waals surface area contributed by atoms with E-state index < -0.39 is 9.84 Å². The molecule has 6 nitrogen and oxygen atoms in total. The molecule has 0 aromatic carbocycles. The first-order valence-corrected chi connectivity index (χ1v) is 9.93. The van der Waals surface area contributed by atoms with Crippen LogP contribution in [0.15, 0.2) is 18.6 Å². The van der Waals surface area contributed by atoms with E-state index in [9.17, 15) is 8.42 Å². The van der Waals surface area contributed by atoms with Crippen LogP contribution in [0, 0.1) is 5.41 Å². The quantitative estimate of drug-likeness (QED) is 0.875. The Morgan fingerprint density at radius 2 is 2.04 bits per heavy atom. The molecule has 0 amide bonds. The molecule has 2 heterocycles. The van der Waals surface area contributed by atoms with E-state index in [4.69, 9.17) is 0 Å². The summed E-state index contributed by atoms with van der Waals surface area (Å²) in [5, 5.41) is 1.02. The van der Waals surface area contributed by atoms with Gasteiger partial charge in [0.15, 0.2) is 9.84 Å². The summed E-state index contributed by atoms with van der Waals surface area (Å²) in [6.07, 6.45) is 7.02. The molecule has 3 saturated carbocycles. The van der Waals surface area contributed by atoms with Crippen molar-refractivity contribution in [3.63, 3.8) is 0 Å². The first-order chi connectivity index (χ1) is 10.9. The van der Waals surface area contributed by atoms with Crippen LogP contribution in [0.2, 0.25) is 0 Å². The highest BCUT2D eigenvalue weighted by molar-refractivity contribution is 7.91. The van der Waals surface area contributed by atoms with Crippen molar-refractivity contribution in [3.8, 4) is 0 Å². The number of rotatable bonds is 6. The summed E-state index contributed by atoms with van der Waals surface area (Å²) >= 11 is 0. The van der Waals surface area contributed by atoms with Gasteiger partial charge in [0.25, 0.3) is 0 Å². The average molecular weight is 334 g/mol. The molecule has 0 radical (unpaired) electrons. The van der Waals surface area contributed by atoms with Gasteiger partial charge < -0.3 is 9.88 Å². The third kappa shape index (κ3) is 2.16. The second kappa shape index (κ2) is 4.69. The Balaban J connectivity index is 1.51. The zero-order chi connectivity index (χ0) is 16.3. The second-order valence-electron chi connectivity index (χ2n) is 7.34. The van der Waals surface area contributed by atoms with Crippen LogP contribution in [0.5, 0.6) is 0 Å². The monoisotopic (exact) mass is 334 g/mol. The number of nitrogens with zero attached hydrogens (tertiary/aromatic N) is 3. The number of nitrogens with one attached hydrogen (secondary N) is 1. The van der Waals surface area contributed by atoms with Gasteiger partial charge in [0.05, 0.1) is 11.1 Å². The van der Waals surface area contributed by atoms with E-state index in [0.717, 1.165) is 36.1 Å². The zero-order valence-corrected chi connectivity index (χ0v) is 14.4. The number of fused-ring (bicyclic) bond motifs is 1. The molecule has 7 heteroatoms. The first-order valence-electron chi connectivity index (χ1n) is 8.11. The van der Waals surface area contributed by atoms with Crippen LogP contribution in [0.25, 0.3) is 11.0 Å². The minimum atomic E-state index is -2.90. The van der Waals surface area contributed by atoms with Gasteiger partial charge >= 0.3 is 0 Å². The average Bonchev–Trinajstić information content (AvgIpc) is 2.88. The molecule has 0 saturated heterocycles. The van der Waals surface area contributed by atoms with Crippen molar-refractivity contribution in [1.82, 2.24) is 15.0 Å². The van der Waals surface area contributed by atoms with E-state index in [0.29, 0.717) is 17.9 Å². The smallest absolute Gasteiger partial charge is 0.150 e. The highest BCUT2D eigenvalue weighted by Gasteiger charge is 2.70. The van der Waals surface area contributed by atoms with Crippen LogP contribution < -0.4 is 4.90 Å². The summed E-state index contributed by atoms with van der Waals surface area (Å²) in [6, 6.07) is 1.99. The molecule has 1 N–H and O–H groups in total. The zero-order valence-electron chi connectivity index (χ0n) is 13.5. The maximum Gasteiger partial charge on any atom is 0.150 e. The molecule has 2 aromatic heterocycles. The Labute approximate surface area is 136 Å². The Morgan fingerprint density at radius 1 is 1.30 bits per heavy atom. The Hall–Kier alpha value is -1.63. The van der Waals surface area contributed by atoms with Crippen molar-refractivity contribution >= 4 is 26.7 Å². The third-order valence-corrected chi connectivity index (χ3v) is 7.60. The van der Waals surface area contributed by atoms with Crippen molar-refractivity contribution in [1.29, 1.82) is 0 Å². The fraction of sp³-hybridized carbons (Fsp3) is 0.625. The molecular formula is C16H22N4O2S. The van der Waals surface area contributed by atoms with Crippen LogP contribution in [-0.2, 0) is 9.84 Å². The predicted octanol–water partition coefficient (Wildman–Crippen LogP) is 2.14. The largest absolute Gasteiger partial charge is 0.353 e. The van der Waals surface area contributed by atoms with Crippen LogP contribution in [0.1, 0.15) is 32.6 Å². The van der Waals surface area contributed by atoms with Crippen LogP contribution in [-0.4, -0.2) is 47.5 Å². The number of hydrogen-bond donors (Lipinski definition) is 1. The SMILES string of the molecule is CCCS(=O)(=O)CC12CC(N(C)c3ncnc4[nH]ccc34)(C1)C2. The van der Waals surface area contributed by atoms with Crippen molar-refractivity contribution in [3.05, 3.63) is 18.6 Å². The number of aromatic nitrogens is 3. The fourth-order valence-electron chi connectivity index (χ4n) is 4.65. The van der Waals surface area contributed by atoms with Gasteiger partial charge in [-0.2, -0.15) is 0 Å². The predicted molar refractivity (Wildman–Crippen MR) is 90.3 cm³/mol. The summed E-state index contributed by atoms with van der Waals surface area (Å²) in [5.41, 5.74) is 0.945. The van der Waals surface area contributed by atoms with Gasteiger partial charge in [-0.05, 0) is 37.2 Å². The Kier molecular flexibility index (Phi) is 3.04. The highest BCUT2D eigenvalue weighted by atomic mass is 32.2. The summed E-state index contributed by atoms with van der Waals surface area (Å²) in [5.74, 6) is 1.60. The molecule has 0 unspecified atom stereocenters. The third-order valence-electron chi connectivity index (χ3n) is 5.52. The molecule has 0 atom stereocenters. The molecule has 3 fully saturated rings. The molecule has 5 rings (SSSR count). The minimum absolute atomic E-state index is 0.0204. The number of anilines is 1. The molecule has 23 heavy (non-hydrogen) atoms. The molecule has 124 valence electrons. The van der Waals surface area contributed by atoms with Crippen molar-refractivity contribution < 1.29 is 8.42 Å². The lowest BCUT2D eigenvalue weighted by Gasteiger charge is -2.73. The van der Waals surface area contributed by atoms with Gasteiger partial charge in [-0.15, -0.1) is 0 Å². The van der Waals surface area contributed by atoms with Crippen LogP contribution >= 0.6 is 0 Å². The van der Waals surface area contributed by atoms with E-state index in [1.165, 1.54) is 0 Å². The van der Waals surface area contributed by atoms with E-state index in [1.807, 2.05) is 19.2 Å². The molecular weight excluding hydrogens is 312 g/mol. The van der Waals surface area contributed by atoms with Gasteiger partial charge in [0.2, 0.25) is 0 Å². The summed E-state index contributed by atoms with van der Waals surface area (Å²) in [4.78, 5) is 14.0. The van der Waals surface area contributed by atoms with Gasteiger partial charge in [-0.3, -0.25) is 0 Å². The number of sulfone groups is 1. The van der Waals surface area contributed by atoms with E-state index in [-0.39, 0.29) is 11.0 Å². The first kappa shape index (κ1) is 14.9. The second-order valence-corrected chi connectivity index (χ2v) is 9.53. The van der Waals surface area contributed by atoms with Crippen LogP contribution in [0.3, 0.4) is 0 Å². The number of hydrogen-bond acceptors (Lipinski definition) is 5. The molecule has 2 aromatic rings.